The average Bonchev–Trinajstić information content (AvgIpc) is 3.36. The highest BCUT2D eigenvalue weighted by Crippen LogP contribution is 2.34. The van der Waals surface area contributed by atoms with Crippen LogP contribution in [0.3, 0.4) is 0 Å². The van der Waals surface area contributed by atoms with Crippen LogP contribution in [0.1, 0.15) is 43.7 Å². The second kappa shape index (κ2) is 8.78. The van der Waals surface area contributed by atoms with E-state index in [1.54, 1.807) is 0 Å². The monoisotopic (exact) mass is 455 g/mol. The molecule has 0 aliphatic carbocycles. The van der Waals surface area contributed by atoms with Gasteiger partial charge in [-0.3, -0.25) is 4.79 Å². The maximum Gasteiger partial charge on any atom is 0.249 e. The first-order valence-electron chi connectivity index (χ1n) is 9.75. The van der Waals surface area contributed by atoms with Crippen LogP contribution in [0.2, 0.25) is 0 Å². The van der Waals surface area contributed by atoms with Crippen LogP contribution in [0.4, 0.5) is 0 Å². The normalized spacial score (nSPS) is 16.4. The van der Waals surface area contributed by atoms with Crippen molar-refractivity contribution in [2.45, 2.75) is 38.8 Å². The first-order chi connectivity index (χ1) is 14.1. The number of rotatable bonds is 7. The van der Waals surface area contributed by atoms with Gasteiger partial charge in [0.15, 0.2) is 0 Å². The molecule has 150 valence electrons. The summed E-state index contributed by atoms with van der Waals surface area (Å²) in [6, 6.07) is 15.4. The van der Waals surface area contributed by atoms with Gasteiger partial charge in [0.2, 0.25) is 17.6 Å². The Morgan fingerprint density at radius 2 is 1.93 bits per heavy atom. The molecule has 1 unspecified atom stereocenters. The number of nitrogens with zero attached hydrogens (tertiary/aromatic N) is 3. The number of aromatic nitrogens is 2. The van der Waals surface area contributed by atoms with Gasteiger partial charge in [0.05, 0.1) is 6.61 Å². The van der Waals surface area contributed by atoms with Crippen LogP contribution in [0, 0.1) is 0 Å². The quantitative estimate of drug-likeness (QED) is 0.492. The van der Waals surface area contributed by atoms with E-state index in [4.69, 9.17) is 9.26 Å². The third kappa shape index (κ3) is 4.50. The van der Waals surface area contributed by atoms with Crippen LogP contribution >= 0.6 is 15.9 Å². The van der Waals surface area contributed by atoms with Crippen molar-refractivity contribution in [2.75, 3.05) is 6.61 Å². The summed E-state index contributed by atoms with van der Waals surface area (Å²) in [7, 11) is 0. The van der Waals surface area contributed by atoms with Crippen molar-refractivity contribution in [3.63, 3.8) is 0 Å². The minimum Gasteiger partial charge on any atom is -0.494 e. The van der Waals surface area contributed by atoms with Gasteiger partial charge in [-0.25, -0.2) is 0 Å². The molecule has 1 aromatic heterocycles. The molecule has 4 rings (SSSR count). The highest BCUT2D eigenvalue weighted by Gasteiger charge is 2.36. The predicted molar refractivity (Wildman–Crippen MR) is 112 cm³/mol. The molecular weight excluding hydrogens is 434 g/mol. The Labute approximate surface area is 178 Å². The number of hydrogen-bond acceptors (Lipinski definition) is 5. The summed E-state index contributed by atoms with van der Waals surface area (Å²) in [4.78, 5) is 18.8. The average molecular weight is 456 g/mol. The maximum absolute atomic E-state index is 12.4. The summed E-state index contributed by atoms with van der Waals surface area (Å²) in [6.07, 6.45) is 2.13. The Bertz CT molecular complexity index is 970. The molecule has 0 N–H and O–H groups in total. The van der Waals surface area contributed by atoms with E-state index >= 15 is 0 Å². The Kier molecular flexibility index (Phi) is 5.94. The zero-order valence-electron chi connectivity index (χ0n) is 16.2. The summed E-state index contributed by atoms with van der Waals surface area (Å²) in [5.41, 5.74) is 1.92. The van der Waals surface area contributed by atoms with Gasteiger partial charge in [0.25, 0.3) is 0 Å². The van der Waals surface area contributed by atoms with E-state index in [-0.39, 0.29) is 11.9 Å². The molecule has 7 heteroatoms. The number of ether oxygens (including phenoxy) is 1. The van der Waals surface area contributed by atoms with E-state index < -0.39 is 0 Å². The van der Waals surface area contributed by atoms with E-state index in [0.29, 0.717) is 37.7 Å². The van der Waals surface area contributed by atoms with E-state index in [2.05, 4.69) is 33.0 Å². The molecule has 3 aromatic rings. The number of benzene rings is 2. The van der Waals surface area contributed by atoms with Crippen LogP contribution in [-0.4, -0.2) is 27.6 Å². The van der Waals surface area contributed by atoms with Crippen molar-refractivity contribution in [3.05, 3.63) is 64.5 Å². The minimum absolute atomic E-state index is 0.107. The molecular formula is C22H22BrN3O3. The number of likely N-dealkylation sites (tertiary alicyclic amines) is 1. The SMILES string of the molecule is CCCOc1ccc(-c2noc(C3CCC(=O)N3Cc3ccc(Br)cc3)n2)cc1. The molecule has 1 amide bonds. The summed E-state index contributed by atoms with van der Waals surface area (Å²) >= 11 is 3.44. The lowest BCUT2D eigenvalue weighted by Gasteiger charge is -2.22. The van der Waals surface area contributed by atoms with Crippen LogP contribution in [0.5, 0.6) is 5.75 Å². The second-order valence-electron chi connectivity index (χ2n) is 7.03. The standard InChI is InChI=1S/C22H22BrN3O3/c1-2-13-28-18-9-5-16(6-10-18)21-24-22(29-25-21)19-11-12-20(27)26(19)14-15-3-7-17(23)8-4-15/h3-10,19H,2,11-14H2,1H3. The van der Waals surface area contributed by atoms with Crippen molar-refractivity contribution in [3.8, 4) is 17.1 Å². The zero-order chi connectivity index (χ0) is 20.2. The van der Waals surface area contributed by atoms with Crippen molar-refractivity contribution in [1.82, 2.24) is 15.0 Å². The molecule has 0 saturated carbocycles. The largest absolute Gasteiger partial charge is 0.494 e. The van der Waals surface area contributed by atoms with Crippen LogP contribution < -0.4 is 4.74 Å². The predicted octanol–water partition coefficient (Wildman–Crippen LogP) is 5.15. The van der Waals surface area contributed by atoms with E-state index in [0.717, 1.165) is 27.8 Å². The summed E-state index contributed by atoms with van der Waals surface area (Å²) < 4.78 is 12.2. The third-order valence-corrected chi connectivity index (χ3v) is 5.44. The smallest absolute Gasteiger partial charge is 0.249 e. The maximum atomic E-state index is 12.4. The number of carbonyl (C=O) groups is 1. The van der Waals surface area contributed by atoms with Gasteiger partial charge in [-0.05, 0) is 54.8 Å². The van der Waals surface area contributed by atoms with Crippen LogP contribution in [-0.2, 0) is 11.3 Å². The highest BCUT2D eigenvalue weighted by molar-refractivity contribution is 9.10. The molecule has 0 spiro atoms. The molecule has 2 heterocycles. The molecule has 1 aliphatic heterocycles. The van der Waals surface area contributed by atoms with Crippen LogP contribution in [0.25, 0.3) is 11.4 Å². The van der Waals surface area contributed by atoms with Gasteiger partial charge in [-0.15, -0.1) is 0 Å². The number of hydrogen-bond donors (Lipinski definition) is 0. The fourth-order valence-electron chi connectivity index (χ4n) is 3.38. The lowest BCUT2D eigenvalue weighted by molar-refractivity contribution is -0.129. The third-order valence-electron chi connectivity index (χ3n) is 4.91. The first kappa shape index (κ1) is 19.6. The fraction of sp³-hybridized carbons (Fsp3) is 0.318. The second-order valence-corrected chi connectivity index (χ2v) is 7.95. The van der Waals surface area contributed by atoms with Gasteiger partial charge < -0.3 is 14.2 Å². The number of carbonyl (C=O) groups excluding carboxylic acids is 1. The molecule has 1 fully saturated rings. The number of halogens is 1. The molecule has 6 nitrogen and oxygen atoms in total. The Morgan fingerprint density at radius 3 is 2.66 bits per heavy atom. The Balaban J connectivity index is 1.50. The molecule has 29 heavy (non-hydrogen) atoms. The van der Waals surface area contributed by atoms with E-state index in [9.17, 15) is 4.79 Å². The van der Waals surface area contributed by atoms with Gasteiger partial charge in [-0.1, -0.05) is 40.1 Å². The summed E-state index contributed by atoms with van der Waals surface area (Å²) in [5.74, 6) is 1.93. The fourth-order valence-corrected chi connectivity index (χ4v) is 3.65. The van der Waals surface area contributed by atoms with Gasteiger partial charge in [0.1, 0.15) is 11.8 Å². The van der Waals surface area contributed by atoms with Crippen molar-refractivity contribution in [1.29, 1.82) is 0 Å². The Morgan fingerprint density at radius 1 is 1.17 bits per heavy atom. The zero-order valence-corrected chi connectivity index (χ0v) is 17.8. The molecule has 2 aromatic carbocycles. The summed E-state index contributed by atoms with van der Waals surface area (Å²) in [6.45, 7) is 3.29. The Hall–Kier alpha value is -2.67. The highest BCUT2D eigenvalue weighted by atomic mass is 79.9. The first-order valence-corrected chi connectivity index (χ1v) is 10.5. The van der Waals surface area contributed by atoms with Crippen molar-refractivity contribution in [2.24, 2.45) is 0 Å². The van der Waals surface area contributed by atoms with Gasteiger partial charge in [0, 0.05) is 23.0 Å². The molecule has 0 bridgehead atoms. The van der Waals surface area contributed by atoms with Crippen molar-refractivity contribution >= 4 is 21.8 Å². The van der Waals surface area contributed by atoms with Gasteiger partial charge >= 0.3 is 0 Å². The minimum atomic E-state index is -0.195. The molecule has 0 radical (unpaired) electrons. The number of amides is 1. The van der Waals surface area contributed by atoms with E-state index in [1.807, 2.05) is 53.4 Å². The van der Waals surface area contributed by atoms with Gasteiger partial charge in [-0.2, -0.15) is 4.98 Å². The molecule has 1 atom stereocenters. The summed E-state index contributed by atoms with van der Waals surface area (Å²) in [5, 5.41) is 4.13. The van der Waals surface area contributed by atoms with Crippen molar-refractivity contribution < 1.29 is 14.1 Å². The van der Waals surface area contributed by atoms with Crippen LogP contribution in [0.15, 0.2) is 57.5 Å². The molecule has 1 saturated heterocycles. The molecule has 1 aliphatic rings. The lowest BCUT2D eigenvalue weighted by atomic mass is 10.1. The lowest BCUT2D eigenvalue weighted by Crippen LogP contribution is -2.27. The van der Waals surface area contributed by atoms with E-state index in [1.165, 1.54) is 0 Å². The topological polar surface area (TPSA) is 68.5 Å².